The molecule has 2 N–H and O–H groups in total. The lowest BCUT2D eigenvalue weighted by molar-refractivity contribution is 0.289. The molecule has 24 heavy (non-hydrogen) atoms. The van der Waals surface area contributed by atoms with Crippen molar-refractivity contribution in [1.82, 2.24) is 10.2 Å². The van der Waals surface area contributed by atoms with Crippen LogP contribution in [0.3, 0.4) is 0 Å². The van der Waals surface area contributed by atoms with Crippen LogP contribution in [0.25, 0.3) is 0 Å². The first kappa shape index (κ1) is 18.4. The highest BCUT2D eigenvalue weighted by molar-refractivity contribution is 5.93. The van der Waals surface area contributed by atoms with Crippen molar-refractivity contribution in [2.75, 3.05) is 52.8 Å². The molecular formula is C18H30N4O2. The number of anilines is 1. The summed E-state index contributed by atoms with van der Waals surface area (Å²) in [6, 6.07) is 5.73. The van der Waals surface area contributed by atoms with Crippen LogP contribution in [-0.2, 0) is 0 Å². The summed E-state index contributed by atoms with van der Waals surface area (Å²) in [7, 11) is 5.05. The number of rotatable bonds is 6. The molecule has 1 heterocycles. The molecule has 0 aromatic heterocycles. The average molecular weight is 334 g/mol. The maximum atomic E-state index is 5.33. The van der Waals surface area contributed by atoms with Crippen LogP contribution in [0, 0.1) is 0 Å². The Morgan fingerprint density at radius 1 is 1.08 bits per heavy atom. The van der Waals surface area contributed by atoms with Crippen molar-refractivity contribution < 1.29 is 9.47 Å². The third kappa shape index (κ3) is 5.60. The zero-order valence-electron chi connectivity index (χ0n) is 15.1. The van der Waals surface area contributed by atoms with Crippen molar-refractivity contribution >= 4 is 11.6 Å². The van der Waals surface area contributed by atoms with Gasteiger partial charge in [-0.2, -0.15) is 0 Å². The van der Waals surface area contributed by atoms with Crippen LogP contribution < -0.4 is 20.1 Å². The minimum absolute atomic E-state index is 0.697. The van der Waals surface area contributed by atoms with Crippen LogP contribution in [-0.4, -0.2) is 58.3 Å². The Morgan fingerprint density at radius 3 is 2.42 bits per heavy atom. The average Bonchev–Trinajstić information content (AvgIpc) is 2.89. The lowest BCUT2D eigenvalue weighted by Crippen LogP contribution is -2.38. The zero-order chi connectivity index (χ0) is 17.2. The molecular weight excluding hydrogens is 304 g/mol. The quantitative estimate of drug-likeness (QED) is 0.618. The summed E-state index contributed by atoms with van der Waals surface area (Å²) in [5, 5.41) is 6.67. The lowest BCUT2D eigenvalue weighted by Gasteiger charge is -2.20. The van der Waals surface area contributed by atoms with Crippen molar-refractivity contribution in [3.8, 4) is 11.5 Å². The van der Waals surface area contributed by atoms with E-state index in [1.54, 1.807) is 21.3 Å². The Balaban J connectivity index is 1.83. The highest BCUT2D eigenvalue weighted by atomic mass is 16.5. The number of guanidine groups is 1. The van der Waals surface area contributed by atoms with Gasteiger partial charge in [0.15, 0.2) is 17.5 Å². The number of ether oxygens (including phenoxy) is 2. The smallest absolute Gasteiger partial charge is 0.195 e. The molecule has 134 valence electrons. The Hall–Kier alpha value is -1.95. The number of methoxy groups -OCH3 is 2. The molecule has 0 spiro atoms. The van der Waals surface area contributed by atoms with Gasteiger partial charge in [0, 0.05) is 31.9 Å². The van der Waals surface area contributed by atoms with E-state index < -0.39 is 0 Å². The minimum Gasteiger partial charge on any atom is -0.493 e. The van der Waals surface area contributed by atoms with Crippen LogP contribution in [0.15, 0.2) is 23.2 Å². The maximum absolute atomic E-state index is 5.33. The van der Waals surface area contributed by atoms with E-state index in [-0.39, 0.29) is 0 Å². The Morgan fingerprint density at radius 2 is 1.79 bits per heavy atom. The molecule has 1 fully saturated rings. The van der Waals surface area contributed by atoms with Crippen molar-refractivity contribution in [2.24, 2.45) is 4.99 Å². The molecule has 0 bridgehead atoms. The predicted octanol–water partition coefficient (Wildman–Crippen LogP) is 2.57. The SMILES string of the molecule is CN=C(NCCN1CCCCCC1)Nc1ccc(OC)c(OC)c1. The highest BCUT2D eigenvalue weighted by Crippen LogP contribution is 2.29. The van der Waals surface area contributed by atoms with Crippen LogP contribution in [0.5, 0.6) is 11.5 Å². The summed E-state index contributed by atoms with van der Waals surface area (Å²) >= 11 is 0. The Kier molecular flexibility index (Phi) is 7.68. The van der Waals surface area contributed by atoms with E-state index >= 15 is 0 Å². The standard InChI is InChI=1S/C18H30N4O2/c1-19-18(20-10-13-22-11-6-4-5-7-12-22)21-15-8-9-16(23-2)17(14-15)24-3/h8-9,14H,4-7,10-13H2,1-3H3,(H2,19,20,21). The number of aliphatic imine (C=N–C) groups is 1. The second-order valence-corrected chi connectivity index (χ2v) is 5.95. The van der Waals surface area contributed by atoms with E-state index in [1.165, 1.54) is 38.8 Å². The first-order chi connectivity index (χ1) is 11.8. The molecule has 0 unspecified atom stereocenters. The van der Waals surface area contributed by atoms with Gasteiger partial charge in [0.1, 0.15) is 0 Å². The van der Waals surface area contributed by atoms with Crippen molar-refractivity contribution in [1.29, 1.82) is 0 Å². The number of hydrogen-bond acceptors (Lipinski definition) is 4. The third-order valence-corrected chi connectivity index (χ3v) is 4.29. The van der Waals surface area contributed by atoms with Gasteiger partial charge in [-0.3, -0.25) is 4.99 Å². The molecule has 1 aliphatic heterocycles. The predicted molar refractivity (Wildman–Crippen MR) is 99.4 cm³/mol. The summed E-state index contributed by atoms with van der Waals surface area (Å²) in [5.74, 6) is 2.17. The zero-order valence-corrected chi connectivity index (χ0v) is 15.1. The number of likely N-dealkylation sites (tertiary alicyclic amines) is 1. The summed E-state index contributed by atoms with van der Waals surface area (Å²) in [6.07, 6.45) is 5.37. The van der Waals surface area contributed by atoms with Gasteiger partial charge in [-0.15, -0.1) is 0 Å². The topological polar surface area (TPSA) is 58.1 Å². The van der Waals surface area contributed by atoms with Gasteiger partial charge in [-0.25, -0.2) is 0 Å². The first-order valence-electron chi connectivity index (χ1n) is 8.69. The normalized spacial score (nSPS) is 16.4. The fraction of sp³-hybridized carbons (Fsp3) is 0.611. The molecule has 2 rings (SSSR count). The summed E-state index contributed by atoms with van der Waals surface area (Å²) < 4.78 is 10.6. The third-order valence-electron chi connectivity index (χ3n) is 4.29. The van der Waals surface area contributed by atoms with E-state index in [0.717, 1.165) is 24.7 Å². The van der Waals surface area contributed by atoms with Crippen molar-refractivity contribution in [3.63, 3.8) is 0 Å². The molecule has 1 aromatic carbocycles. The minimum atomic E-state index is 0.697. The lowest BCUT2D eigenvalue weighted by atomic mass is 10.2. The number of hydrogen-bond donors (Lipinski definition) is 2. The summed E-state index contributed by atoms with van der Waals surface area (Å²) in [4.78, 5) is 6.82. The molecule has 6 nitrogen and oxygen atoms in total. The summed E-state index contributed by atoms with van der Waals surface area (Å²) in [6.45, 7) is 4.35. The van der Waals surface area contributed by atoms with Crippen LogP contribution in [0.2, 0.25) is 0 Å². The van der Waals surface area contributed by atoms with Gasteiger partial charge >= 0.3 is 0 Å². The fourth-order valence-electron chi connectivity index (χ4n) is 2.92. The van der Waals surface area contributed by atoms with Crippen molar-refractivity contribution in [2.45, 2.75) is 25.7 Å². The van der Waals surface area contributed by atoms with Gasteiger partial charge in [0.25, 0.3) is 0 Å². The largest absolute Gasteiger partial charge is 0.493 e. The highest BCUT2D eigenvalue weighted by Gasteiger charge is 2.09. The molecule has 0 aliphatic carbocycles. The molecule has 6 heteroatoms. The van der Waals surface area contributed by atoms with Crippen LogP contribution in [0.1, 0.15) is 25.7 Å². The maximum Gasteiger partial charge on any atom is 0.195 e. The molecule has 1 aromatic rings. The molecule has 1 saturated heterocycles. The van der Waals surface area contributed by atoms with E-state index in [1.807, 2.05) is 18.2 Å². The van der Waals surface area contributed by atoms with E-state index in [2.05, 4.69) is 20.5 Å². The molecule has 0 atom stereocenters. The van der Waals surface area contributed by atoms with E-state index in [9.17, 15) is 0 Å². The van der Waals surface area contributed by atoms with Gasteiger partial charge in [-0.05, 0) is 38.1 Å². The van der Waals surface area contributed by atoms with Crippen molar-refractivity contribution in [3.05, 3.63) is 18.2 Å². The van der Waals surface area contributed by atoms with Gasteiger partial charge in [0.2, 0.25) is 0 Å². The van der Waals surface area contributed by atoms with E-state index in [4.69, 9.17) is 9.47 Å². The first-order valence-corrected chi connectivity index (χ1v) is 8.69. The Bertz CT molecular complexity index is 526. The molecule has 0 radical (unpaired) electrons. The molecule has 0 amide bonds. The second kappa shape index (κ2) is 10.0. The molecule has 1 aliphatic rings. The van der Waals surface area contributed by atoms with Crippen LogP contribution in [0.4, 0.5) is 5.69 Å². The number of nitrogens with one attached hydrogen (secondary N) is 2. The summed E-state index contributed by atoms with van der Waals surface area (Å²) in [5.41, 5.74) is 0.913. The van der Waals surface area contributed by atoms with Gasteiger partial charge in [0.05, 0.1) is 14.2 Å². The fourth-order valence-corrected chi connectivity index (χ4v) is 2.92. The monoisotopic (exact) mass is 334 g/mol. The number of benzene rings is 1. The van der Waals surface area contributed by atoms with Gasteiger partial charge in [-0.1, -0.05) is 12.8 Å². The van der Waals surface area contributed by atoms with Crippen LogP contribution >= 0.6 is 0 Å². The number of nitrogens with zero attached hydrogens (tertiary/aromatic N) is 2. The van der Waals surface area contributed by atoms with Gasteiger partial charge < -0.3 is 25.0 Å². The van der Waals surface area contributed by atoms with E-state index in [0.29, 0.717) is 11.5 Å². The second-order valence-electron chi connectivity index (χ2n) is 5.95. The Labute approximate surface area is 145 Å². The molecule has 0 saturated carbocycles.